The van der Waals surface area contributed by atoms with Gasteiger partial charge in [0.25, 0.3) is 11.6 Å². The number of carbonyl (C=O) groups is 2. The third-order valence-corrected chi connectivity index (χ3v) is 3.81. The molecule has 0 aliphatic carbocycles. The summed E-state index contributed by atoms with van der Waals surface area (Å²) in [4.78, 5) is 34.1. The first kappa shape index (κ1) is 21.0. The van der Waals surface area contributed by atoms with E-state index < -0.39 is 29.5 Å². The van der Waals surface area contributed by atoms with Gasteiger partial charge in [-0.15, -0.1) is 0 Å². The molecule has 1 N–H and O–H groups in total. The molecule has 0 aliphatic rings. The lowest BCUT2D eigenvalue weighted by molar-refractivity contribution is -0.384. The van der Waals surface area contributed by atoms with Crippen LogP contribution in [0.15, 0.2) is 42.5 Å². The van der Waals surface area contributed by atoms with Crippen molar-refractivity contribution in [1.82, 2.24) is 0 Å². The summed E-state index contributed by atoms with van der Waals surface area (Å²) in [5.41, 5.74) is -0.197. The van der Waals surface area contributed by atoms with Gasteiger partial charge in [-0.25, -0.2) is 4.79 Å². The minimum Gasteiger partial charge on any atom is -0.497 e. The number of methoxy groups -OCH3 is 1. The highest BCUT2D eigenvalue weighted by molar-refractivity contribution is 6.33. The van der Waals surface area contributed by atoms with Gasteiger partial charge in [0.1, 0.15) is 11.5 Å². The summed E-state index contributed by atoms with van der Waals surface area (Å²) in [5, 5.41) is 13.3. The second-order valence-electron chi connectivity index (χ2n) is 5.51. The molecular formula is C18H17ClN2O7. The molecule has 0 radical (unpaired) electrons. The van der Waals surface area contributed by atoms with Crippen LogP contribution in [0.5, 0.6) is 11.5 Å². The Bertz CT molecular complexity index is 871. The molecule has 0 saturated carbocycles. The summed E-state index contributed by atoms with van der Waals surface area (Å²) in [6, 6.07) is 10.2. The van der Waals surface area contributed by atoms with E-state index in [9.17, 15) is 19.7 Å². The van der Waals surface area contributed by atoms with E-state index in [1.807, 2.05) is 0 Å². The van der Waals surface area contributed by atoms with E-state index in [1.54, 1.807) is 24.3 Å². The minimum absolute atomic E-state index is 0.0412. The average Bonchev–Trinajstić information content (AvgIpc) is 2.68. The number of hydrogen-bond acceptors (Lipinski definition) is 7. The monoisotopic (exact) mass is 408 g/mol. The molecule has 0 saturated heterocycles. The number of nitro groups is 1. The smallest absolute Gasteiger partial charge is 0.347 e. The molecular weight excluding hydrogens is 392 g/mol. The second-order valence-corrected chi connectivity index (χ2v) is 5.92. The molecule has 28 heavy (non-hydrogen) atoms. The molecule has 10 heteroatoms. The van der Waals surface area contributed by atoms with Gasteiger partial charge >= 0.3 is 5.97 Å². The van der Waals surface area contributed by atoms with Crippen molar-refractivity contribution in [2.75, 3.05) is 19.0 Å². The van der Waals surface area contributed by atoms with Crippen LogP contribution >= 0.6 is 11.6 Å². The molecule has 1 amide bonds. The van der Waals surface area contributed by atoms with E-state index in [1.165, 1.54) is 26.2 Å². The predicted octanol–water partition coefficient (Wildman–Crippen LogP) is 3.21. The van der Waals surface area contributed by atoms with E-state index in [-0.39, 0.29) is 16.4 Å². The largest absolute Gasteiger partial charge is 0.497 e. The lowest BCUT2D eigenvalue weighted by Gasteiger charge is -2.14. The Kier molecular flexibility index (Phi) is 7.16. The first-order valence-electron chi connectivity index (χ1n) is 8.01. The quantitative estimate of drug-likeness (QED) is 0.405. The number of esters is 1. The molecule has 2 rings (SSSR count). The van der Waals surface area contributed by atoms with Crippen LogP contribution in [0.3, 0.4) is 0 Å². The minimum atomic E-state index is -0.956. The van der Waals surface area contributed by atoms with Crippen molar-refractivity contribution < 1.29 is 28.7 Å². The van der Waals surface area contributed by atoms with Crippen molar-refractivity contribution in [3.63, 3.8) is 0 Å². The van der Waals surface area contributed by atoms with Gasteiger partial charge in [0.15, 0.2) is 12.7 Å². The summed E-state index contributed by atoms with van der Waals surface area (Å²) in [6.07, 6.45) is -0.956. The average molecular weight is 409 g/mol. The lowest BCUT2D eigenvalue weighted by atomic mass is 10.3. The van der Waals surface area contributed by atoms with Crippen LogP contribution in [0, 0.1) is 10.1 Å². The fourth-order valence-corrected chi connectivity index (χ4v) is 2.23. The van der Waals surface area contributed by atoms with E-state index in [0.29, 0.717) is 11.5 Å². The van der Waals surface area contributed by atoms with Gasteiger partial charge in [0.2, 0.25) is 0 Å². The Balaban J connectivity index is 1.86. The number of halogens is 1. The van der Waals surface area contributed by atoms with E-state index in [4.69, 9.17) is 25.8 Å². The fraction of sp³-hybridized carbons (Fsp3) is 0.222. The second kappa shape index (κ2) is 9.56. The zero-order chi connectivity index (χ0) is 20.7. The Morgan fingerprint density at radius 3 is 2.43 bits per heavy atom. The summed E-state index contributed by atoms with van der Waals surface area (Å²) < 4.78 is 15.4. The van der Waals surface area contributed by atoms with E-state index in [2.05, 4.69) is 5.32 Å². The molecule has 0 heterocycles. The summed E-state index contributed by atoms with van der Waals surface area (Å²) in [5.74, 6) is -0.388. The molecule has 0 fully saturated rings. The molecule has 0 spiro atoms. The van der Waals surface area contributed by atoms with Crippen LogP contribution in [0.25, 0.3) is 0 Å². The van der Waals surface area contributed by atoms with Crippen molar-refractivity contribution in [3.05, 3.63) is 57.6 Å². The third-order valence-electron chi connectivity index (χ3n) is 3.48. The van der Waals surface area contributed by atoms with Gasteiger partial charge in [-0.3, -0.25) is 14.9 Å². The molecule has 0 aromatic heterocycles. The van der Waals surface area contributed by atoms with Gasteiger partial charge in [-0.2, -0.15) is 0 Å². The summed E-state index contributed by atoms with van der Waals surface area (Å²) >= 11 is 5.90. The van der Waals surface area contributed by atoms with Crippen molar-refractivity contribution >= 4 is 34.9 Å². The van der Waals surface area contributed by atoms with Crippen molar-refractivity contribution in [1.29, 1.82) is 0 Å². The van der Waals surface area contributed by atoms with Crippen molar-refractivity contribution in [3.8, 4) is 11.5 Å². The normalized spacial score (nSPS) is 11.2. The highest BCUT2D eigenvalue weighted by Crippen LogP contribution is 2.26. The van der Waals surface area contributed by atoms with Crippen LogP contribution in [-0.2, 0) is 14.3 Å². The van der Waals surface area contributed by atoms with Crippen molar-refractivity contribution in [2.24, 2.45) is 0 Å². The lowest BCUT2D eigenvalue weighted by Crippen LogP contribution is -2.29. The number of carbonyl (C=O) groups excluding carboxylic acids is 2. The number of non-ortho nitro benzene ring substituents is 1. The number of hydrogen-bond donors (Lipinski definition) is 1. The number of nitro benzene ring substituents is 1. The van der Waals surface area contributed by atoms with Gasteiger partial charge in [-0.1, -0.05) is 11.6 Å². The Hall–Kier alpha value is -3.33. The summed E-state index contributed by atoms with van der Waals surface area (Å²) in [6.45, 7) is 0.871. The maximum Gasteiger partial charge on any atom is 0.347 e. The van der Waals surface area contributed by atoms with Gasteiger partial charge in [-0.05, 0) is 37.3 Å². The van der Waals surface area contributed by atoms with Gasteiger partial charge in [0.05, 0.1) is 22.7 Å². The Morgan fingerprint density at radius 1 is 1.18 bits per heavy atom. The fourth-order valence-electron chi connectivity index (χ4n) is 2.07. The number of benzene rings is 2. The first-order valence-corrected chi connectivity index (χ1v) is 8.39. The van der Waals surface area contributed by atoms with Crippen molar-refractivity contribution in [2.45, 2.75) is 13.0 Å². The number of nitrogens with zero attached hydrogens (tertiary/aromatic N) is 1. The van der Waals surface area contributed by atoms with Crippen LogP contribution in [0.1, 0.15) is 6.92 Å². The molecule has 9 nitrogen and oxygen atoms in total. The highest BCUT2D eigenvalue weighted by Gasteiger charge is 2.19. The number of nitrogens with one attached hydrogen (secondary N) is 1. The van der Waals surface area contributed by atoms with Gasteiger partial charge in [0, 0.05) is 12.1 Å². The molecule has 1 unspecified atom stereocenters. The van der Waals surface area contributed by atoms with Crippen LogP contribution in [0.4, 0.5) is 11.4 Å². The number of anilines is 1. The zero-order valence-corrected chi connectivity index (χ0v) is 15.8. The van der Waals surface area contributed by atoms with E-state index in [0.717, 1.165) is 6.07 Å². The van der Waals surface area contributed by atoms with E-state index >= 15 is 0 Å². The molecule has 0 bridgehead atoms. The maximum absolute atomic E-state index is 12.0. The Labute approximate surface area is 165 Å². The molecule has 0 aliphatic heterocycles. The first-order chi connectivity index (χ1) is 13.3. The topological polar surface area (TPSA) is 117 Å². The predicted molar refractivity (Wildman–Crippen MR) is 101 cm³/mol. The summed E-state index contributed by atoms with van der Waals surface area (Å²) in [7, 11) is 1.53. The number of amides is 1. The molecule has 2 aromatic rings. The number of ether oxygens (including phenoxy) is 3. The van der Waals surface area contributed by atoms with Crippen LogP contribution in [-0.4, -0.2) is 36.6 Å². The number of rotatable bonds is 8. The Morgan fingerprint density at radius 2 is 1.82 bits per heavy atom. The molecule has 1 atom stereocenters. The molecule has 148 valence electrons. The van der Waals surface area contributed by atoms with Crippen LogP contribution < -0.4 is 14.8 Å². The standard InChI is InChI=1S/C18H17ClN2O7/c1-11(28-14-6-4-13(26-2)5-7-14)18(23)27-10-17(22)20-16-9-12(21(24)25)3-8-15(16)19/h3-9,11H,10H2,1-2H3,(H,20,22). The zero-order valence-electron chi connectivity index (χ0n) is 15.0. The maximum atomic E-state index is 12.0. The third kappa shape index (κ3) is 5.85. The SMILES string of the molecule is COc1ccc(OC(C)C(=O)OCC(=O)Nc2cc([N+](=O)[O-])ccc2Cl)cc1. The molecule has 2 aromatic carbocycles. The van der Waals surface area contributed by atoms with Crippen LogP contribution in [0.2, 0.25) is 5.02 Å². The highest BCUT2D eigenvalue weighted by atomic mass is 35.5. The van der Waals surface area contributed by atoms with Gasteiger partial charge < -0.3 is 19.5 Å².